The molecule has 7 nitrogen and oxygen atoms in total. The molecule has 0 radical (unpaired) electrons. The van der Waals surface area contributed by atoms with Crippen LogP contribution >= 0.6 is 24.0 Å². The zero-order valence-electron chi connectivity index (χ0n) is 17.4. The van der Waals surface area contributed by atoms with Gasteiger partial charge in [-0.05, 0) is 31.5 Å². The first-order valence-electron chi connectivity index (χ1n) is 10.1. The van der Waals surface area contributed by atoms with Crippen LogP contribution in [0, 0.1) is 0 Å². The van der Waals surface area contributed by atoms with E-state index in [-0.39, 0.29) is 24.0 Å². The van der Waals surface area contributed by atoms with E-state index in [4.69, 9.17) is 0 Å². The molecule has 0 saturated carbocycles. The Balaban J connectivity index is 0.00000300. The van der Waals surface area contributed by atoms with Crippen molar-refractivity contribution in [3.63, 3.8) is 0 Å². The smallest absolute Gasteiger partial charge is 0.225 e. The molecule has 3 rings (SSSR count). The number of aromatic nitrogens is 2. The van der Waals surface area contributed by atoms with E-state index in [9.17, 15) is 0 Å². The summed E-state index contributed by atoms with van der Waals surface area (Å²) < 4.78 is 0. The zero-order chi connectivity index (χ0) is 19.6. The van der Waals surface area contributed by atoms with Crippen LogP contribution in [0.2, 0.25) is 0 Å². The highest BCUT2D eigenvalue weighted by Gasteiger charge is 2.20. The number of hydrogen-bond donors (Lipinski definition) is 1. The number of guanidine groups is 1. The molecule has 0 aliphatic carbocycles. The molecule has 1 aromatic heterocycles. The summed E-state index contributed by atoms with van der Waals surface area (Å²) in [5.74, 6) is 1.79. The summed E-state index contributed by atoms with van der Waals surface area (Å²) in [7, 11) is 1.86. The van der Waals surface area contributed by atoms with Crippen LogP contribution in [0.25, 0.3) is 0 Å². The fourth-order valence-electron chi connectivity index (χ4n) is 3.48. The van der Waals surface area contributed by atoms with Crippen molar-refractivity contribution in [1.29, 1.82) is 0 Å². The number of halogens is 1. The molecule has 158 valence electrons. The molecule has 0 unspecified atom stereocenters. The number of aliphatic imine (C=N–C) groups is 1. The summed E-state index contributed by atoms with van der Waals surface area (Å²) in [6.45, 7) is 8.82. The molecule has 1 aromatic carbocycles. The predicted molar refractivity (Wildman–Crippen MR) is 132 cm³/mol. The summed E-state index contributed by atoms with van der Waals surface area (Å²) in [5.41, 5.74) is 1.29. The Morgan fingerprint density at radius 2 is 1.76 bits per heavy atom. The van der Waals surface area contributed by atoms with Gasteiger partial charge in [0.1, 0.15) is 0 Å². The van der Waals surface area contributed by atoms with E-state index < -0.39 is 0 Å². The molecule has 1 aliphatic rings. The average Bonchev–Trinajstić information content (AvgIpc) is 2.78. The number of hydrogen-bond acceptors (Lipinski definition) is 5. The van der Waals surface area contributed by atoms with E-state index >= 15 is 0 Å². The lowest BCUT2D eigenvalue weighted by Crippen LogP contribution is -2.53. The summed E-state index contributed by atoms with van der Waals surface area (Å²) >= 11 is 0. The Bertz CT molecular complexity index is 718. The van der Waals surface area contributed by atoms with Crippen LogP contribution in [0.15, 0.2) is 53.8 Å². The summed E-state index contributed by atoms with van der Waals surface area (Å²) in [4.78, 5) is 20.1. The van der Waals surface area contributed by atoms with E-state index in [2.05, 4.69) is 72.2 Å². The van der Waals surface area contributed by atoms with E-state index in [0.717, 1.165) is 64.1 Å². The minimum absolute atomic E-state index is 0. The van der Waals surface area contributed by atoms with Gasteiger partial charge in [0.25, 0.3) is 0 Å². The Labute approximate surface area is 191 Å². The minimum atomic E-state index is 0. The van der Waals surface area contributed by atoms with Gasteiger partial charge in [-0.1, -0.05) is 18.2 Å². The fraction of sp³-hybridized carbons (Fsp3) is 0.476. The van der Waals surface area contributed by atoms with Crippen LogP contribution < -0.4 is 15.1 Å². The molecule has 0 atom stereocenters. The topological polar surface area (TPSA) is 59.9 Å². The largest absolute Gasteiger partial charge is 0.372 e. The second kappa shape index (κ2) is 12.5. The highest BCUT2D eigenvalue weighted by Crippen LogP contribution is 2.13. The number of rotatable bonds is 7. The Morgan fingerprint density at radius 3 is 2.38 bits per heavy atom. The van der Waals surface area contributed by atoms with Gasteiger partial charge in [-0.3, -0.25) is 4.99 Å². The molecule has 29 heavy (non-hydrogen) atoms. The number of benzene rings is 1. The van der Waals surface area contributed by atoms with Gasteiger partial charge in [-0.15, -0.1) is 24.0 Å². The van der Waals surface area contributed by atoms with Crippen LogP contribution in [-0.4, -0.2) is 73.7 Å². The molecule has 8 heteroatoms. The SMILES string of the molecule is CCN(CCCNC(=NC)N1CCN(c2ncccn2)CC1)c1ccccc1.I. The van der Waals surface area contributed by atoms with Gasteiger partial charge in [0, 0.05) is 70.9 Å². The van der Waals surface area contributed by atoms with Crippen molar-refractivity contribution in [2.45, 2.75) is 13.3 Å². The summed E-state index contributed by atoms with van der Waals surface area (Å²) in [6.07, 6.45) is 4.66. The van der Waals surface area contributed by atoms with Crippen LogP contribution in [0.1, 0.15) is 13.3 Å². The van der Waals surface area contributed by atoms with E-state index in [1.54, 1.807) is 12.4 Å². The molecular formula is C21H32IN7. The second-order valence-electron chi connectivity index (χ2n) is 6.77. The highest BCUT2D eigenvalue weighted by molar-refractivity contribution is 14.0. The molecule has 2 heterocycles. The molecule has 2 aromatic rings. The van der Waals surface area contributed by atoms with Gasteiger partial charge in [0.15, 0.2) is 5.96 Å². The zero-order valence-corrected chi connectivity index (χ0v) is 19.7. The number of nitrogens with one attached hydrogen (secondary N) is 1. The molecule has 1 aliphatic heterocycles. The normalized spacial score (nSPS) is 14.3. The second-order valence-corrected chi connectivity index (χ2v) is 6.77. The maximum Gasteiger partial charge on any atom is 0.225 e. The van der Waals surface area contributed by atoms with Crippen molar-refractivity contribution in [2.24, 2.45) is 4.99 Å². The first-order valence-corrected chi connectivity index (χ1v) is 10.1. The number of para-hydroxylation sites is 1. The van der Waals surface area contributed by atoms with Crippen molar-refractivity contribution in [2.75, 3.05) is 62.7 Å². The maximum atomic E-state index is 4.47. The van der Waals surface area contributed by atoms with Gasteiger partial charge in [0.05, 0.1) is 0 Å². The van der Waals surface area contributed by atoms with E-state index in [1.165, 1.54) is 5.69 Å². The van der Waals surface area contributed by atoms with Gasteiger partial charge in [-0.2, -0.15) is 0 Å². The van der Waals surface area contributed by atoms with Crippen molar-refractivity contribution >= 4 is 41.6 Å². The number of piperazine rings is 1. The predicted octanol–water partition coefficient (Wildman–Crippen LogP) is 2.71. The molecule has 1 saturated heterocycles. The molecule has 0 bridgehead atoms. The van der Waals surface area contributed by atoms with E-state index in [0.29, 0.717) is 0 Å². The third-order valence-electron chi connectivity index (χ3n) is 5.02. The Hall–Kier alpha value is -2.10. The van der Waals surface area contributed by atoms with E-state index in [1.807, 2.05) is 13.1 Å². The van der Waals surface area contributed by atoms with Gasteiger partial charge in [-0.25, -0.2) is 9.97 Å². The van der Waals surface area contributed by atoms with Crippen molar-refractivity contribution < 1.29 is 0 Å². The van der Waals surface area contributed by atoms with Crippen molar-refractivity contribution in [1.82, 2.24) is 20.2 Å². The van der Waals surface area contributed by atoms with Crippen LogP contribution in [0.4, 0.5) is 11.6 Å². The lowest BCUT2D eigenvalue weighted by atomic mass is 10.2. The van der Waals surface area contributed by atoms with Crippen LogP contribution in [0.3, 0.4) is 0 Å². The molecule has 1 N–H and O–H groups in total. The number of nitrogens with zero attached hydrogens (tertiary/aromatic N) is 6. The highest BCUT2D eigenvalue weighted by atomic mass is 127. The van der Waals surface area contributed by atoms with Gasteiger partial charge in [0.2, 0.25) is 5.95 Å². The molecular weight excluding hydrogens is 477 g/mol. The quantitative estimate of drug-likeness (QED) is 0.268. The van der Waals surface area contributed by atoms with Crippen LogP contribution in [0.5, 0.6) is 0 Å². The lowest BCUT2D eigenvalue weighted by Gasteiger charge is -2.36. The van der Waals surface area contributed by atoms with Gasteiger partial charge < -0.3 is 20.0 Å². The maximum absolute atomic E-state index is 4.47. The first kappa shape index (κ1) is 23.2. The lowest BCUT2D eigenvalue weighted by molar-refractivity contribution is 0.370. The van der Waals surface area contributed by atoms with Crippen LogP contribution in [-0.2, 0) is 0 Å². The Morgan fingerprint density at radius 1 is 1.07 bits per heavy atom. The Kier molecular flexibility index (Phi) is 9.96. The van der Waals surface area contributed by atoms with Gasteiger partial charge >= 0.3 is 0 Å². The molecule has 1 fully saturated rings. The average molecular weight is 509 g/mol. The standard InChI is InChI=1S/C21H31N7.HI/c1-3-26(19-9-5-4-6-10-19)14-8-13-23-20(22-2)27-15-17-28(18-16-27)21-24-11-7-12-25-21;/h4-7,9-12H,3,8,13-18H2,1-2H3,(H,22,23);1H. The fourth-order valence-corrected chi connectivity index (χ4v) is 3.48. The minimum Gasteiger partial charge on any atom is -0.372 e. The monoisotopic (exact) mass is 509 g/mol. The summed E-state index contributed by atoms with van der Waals surface area (Å²) in [5, 5.41) is 3.52. The summed E-state index contributed by atoms with van der Waals surface area (Å²) in [6, 6.07) is 12.4. The van der Waals surface area contributed by atoms with Crippen molar-refractivity contribution in [3.8, 4) is 0 Å². The third-order valence-corrected chi connectivity index (χ3v) is 5.02. The molecule has 0 spiro atoms. The first-order chi connectivity index (χ1) is 13.8. The molecule has 0 amide bonds. The number of anilines is 2. The van der Waals surface area contributed by atoms with Crippen molar-refractivity contribution in [3.05, 3.63) is 48.8 Å². The third kappa shape index (κ3) is 6.73.